The van der Waals surface area contributed by atoms with Gasteiger partial charge in [-0.1, -0.05) is 159 Å². The van der Waals surface area contributed by atoms with E-state index in [2.05, 4.69) is 201 Å². The quantitative estimate of drug-likeness (QED) is 0.108. The first-order valence-corrected chi connectivity index (χ1v) is 19.3. The van der Waals surface area contributed by atoms with Crippen LogP contribution in [0.4, 0.5) is 5.69 Å². The molecule has 1 nitrogen and oxygen atoms in total. The molecule has 54 heavy (non-hydrogen) atoms. The number of fused-ring (bicyclic) bond motifs is 7. The number of nitrogens with zero attached hydrogens (tertiary/aromatic N) is 1. The van der Waals surface area contributed by atoms with Crippen LogP contribution in [0.2, 0.25) is 0 Å². The third kappa shape index (κ3) is 6.46. The molecule has 0 fully saturated rings. The molecule has 0 spiro atoms. The van der Waals surface area contributed by atoms with Crippen LogP contribution >= 0.6 is 11.8 Å². The van der Waals surface area contributed by atoms with Gasteiger partial charge in [0.15, 0.2) is 0 Å². The molecule has 2 unspecified atom stereocenters. The van der Waals surface area contributed by atoms with Crippen molar-refractivity contribution in [1.29, 1.82) is 0 Å². The van der Waals surface area contributed by atoms with Crippen LogP contribution in [0.15, 0.2) is 229 Å². The first-order valence-electron chi connectivity index (χ1n) is 18.4. The number of hydrogen-bond acceptors (Lipinski definition) is 2. The highest BCUT2D eigenvalue weighted by atomic mass is 32.2. The van der Waals surface area contributed by atoms with Gasteiger partial charge in [-0.05, 0) is 114 Å². The number of rotatable bonds is 9. The second kappa shape index (κ2) is 14.2. The fourth-order valence-corrected chi connectivity index (χ4v) is 9.05. The maximum absolute atomic E-state index is 4.63. The summed E-state index contributed by atoms with van der Waals surface area (Å²) in [4.78, 5) is 3.63. The van der Waals surface area contributed by atoms with E-state index in [0.29, 0.717) is 11.2 Å². The predicted octanol–water partition coefficient (Wildman–Crippen LogP) is 14.2. The van der Waals surface area contributed by atoms with Crippen LogP contribution in [0.1, 0.15) is 17.0 Å². The van der Waals surface area contributed by atoms with Crippen molar-refractivity contribution >= 4 is 55.8 Å². The molecule has 0 radical (unpaired) electrons. The summed E-state index contributed by atoms with van der Waals surface area (Å²) in [7, 11) is 0. The molecule has 0 amide bonds. The number of allylic oxidation sites excluding steroid dienone is 7. The van der Waals surface area contributed by atoms with E-state index in [-0.39, 0.29) is 0 Å². The molecule has 0 bridgehead atoms. The minimum absolute atomic E-state index is 0.314. The van der Waals surface area contributed by atoms with Gasteiger partial charge in [-0.25, -0.2) is 0 Å². The van der Waals surface area contributed by atoms with Crippen molar-refractivity contribution in [3.8, 4) is 11.1 Å². The lowest BCUT2D eigenvalue weighted by Crippen LogP contribution is -2.23. The van der Waals surface area contributed by atoms with Crippen LogP contribution in [0, 0.1) is 0 Å². The monoisotopic (exact) mass is 709 g/mol. The zero-order valence-corrected chi connectivity index (χ0v) is 30.8. The van der Waals surface area contributed by atoms with Crippen LogP contribution in [0.25, 0.3) is 49.5 Å². The van der Waals surface area contributed by atoms with Gasteiger partial charge >= 0.3 is 0 Å². The molecular weight excluding hydrogens is 671 g/mol. The van der Waals surface area contributed by atoms with E-state index in [1.54, 1.807) is 0 Å². The van der Waals surface area contributed by atoms with Gasteiger partial charge < -0.3 is 4.90 Å². The highest BCUT2D eigenvalue weighted by Crippen LogP contribution is 2.49. The van der Waals surface area contributed by atoms with Gasteiger partial charge in [0.25, 0.3) is 0 Å². The largest absolute Gasteiger partial charge is 0.311 e. The van der Waals surface area contributed by atoms with E-state index in [1.807, 2.05) is 23.9 Å². The summed E-state index contributed by atoms with van der Waals surface area (Å²) in [6.07, 6.45) is 15.2. The molecule has 0 aromatic heterocycles. The second-order valence-corrected chi connectivity index (χ2v) is 15.2. The van der Waals surface area contributed by atoms with Gasteiger partial charge in [-0.15, -0.1) is 11.8 Å². The predicted molar refractivity (Wildman–Crippen MR) is 235 cm³/mol. The minimum Gasteiger partial charge on any atom is -0.311 e. The van der Waals surface area contributed by atoms with Crippen LogP contribution in [0.5, 0.6) is 0 Å². The van der Waals surface area contributed by atoms with Gasteiger partial charge in [0.05, 0.1) is 0 Å². The van der Waals surface area contributed by atoms with Crippen molar-refractivity contribution in [3.63, 3.8) is 0 Å². The molecule has 0 saturated heterocycles. The van der Waals surface area contributed by atoms with Crippen LogP contribution in [-0.4, -0.2) is 5.25 Å². The molecule has 2 atom stereocenters. The van der Waals surface area contributed by atoms with Crippen LogP contribution < -0.4 is 4.90 Å². The summed E-state index contributed by atoms with van der Waals surface area (Å²) in [6.45, 7) is 13.3. The Hall–Kier alpha value is -6.35. The fourth-order valence-electron chi connectivity index (χ4n) is 7.67. The zero-order chi connectivity index (χ0) is 36.6. The molecule has 9 rings (SSSR count). The topological polar surface area (TPSA) is 3.24 Å². The lowest BCUT2D eigenvalue weighted by atomic mass is 9.91. The molecule has 1 aliphatic carbocycles. The van der Waals surface area contributed by atoms with Gasteiger partial charge in [0.2, 0.25) is 0 Å². The van der Waals surface area contributed by atoms with E-state index < -0.39 is 0 Å². The molecular formula is C52H39NS. The van der Waals surface area contributed by atoms with Crippen molar-refractivity contribution in [2.75, 3.05) is 4.90 Å². The first-order chi connectivity index (χ1) is 26.5. The summed E-state index contributed by atoms with van der Waals surface area (Å²) in [6, 6.07) is 52.3. The third-order valence-electron chi connectivity index (χ3n) is 10.6. The minimum atomic E-state index is 0.314. The Morgan fingerprint density at radius 1 is 0.574 bits per heavy atom. The average molecular weight is 710 g/mol. The van der Waals surface area contributed by atoms with Crippen molar-refractivity contribution < 1.29 is 0 Å². The Morgan fingerprint density at radius 3 is 2.17 bits per heavy atom. The number of anilines is 1. The van der Waals surface area contributed by atoms with Crippen molar-refractivity contribution in [2.45, 2.75) is 16.1 Å². The first kappa shape index (κ1) is 33.5. The van der Waals surface area contributed by atoms with E-state index in [1.165, 1.54) is 48.3 Å². The Bertz CT molecular complexity index is 2770. The molecule has 2 aliphatic rings. The Labute approximate surface area is 322 Å². The maximum atomic E-state index is 4.63. The van der Waals surface area contributed by atoms with Crippen LogP contribution in [-0.2, 0) is 0 Å². The third-order valence-corrected chi connectivity index (χ3v) is 11.9. The molecule has 0 N–H and O–H groups in total. The van der Waals surface area contributed by atoms with E-state index in [9.17, 15) is 0 Å². The van der Waals surface area contributed by atoms with Gasteiger partial charge in [-0.3, -0.25) is 0 Å². The van der Waals surface area contributed by atoms with Gasteiger partial charge in [0.1, 0.15) is 0 Å². The number of hydrogen-bond donors (Lipinski definition) is 0. The highest BCUT2D eigenvalue weighted by molar-refractivity contribution is 8.00. The second-order valence-electron chi connectivity index (χ2n) is 14.0. The van der Waals surface area contributed by atoms with E-state index >= 15 is 0 Å². The van der Waals surface area contributed by atoms with Crippen molar-refractivity contribution in [1.82, 2.24) is 0 Å². The summed E-state index contributed by atoms with van der Waals surface area (Å²) in [5.74, 6) is 0.358. The Balaban J connectivity index is 1.03. The SMILES string of the molecule is C=C(/C=C\C(=C)N(C1=CC2Sc3ccccc3C2C=C1)c1cccc(-c2ccc3ccc4ccccc4c3c2)c1)C(=C)/C=C\c1ccc2ccccc2c1. The molecule has 1 aliphatic heterocycles. The van der Waals surface area contributed by atoms with Crippen molar-refractivity contribution in [2.24, 2.45) is 0 Å². The van der Waals surface area contributed by atoms with Crippen molar-refractivity contribution in [3.05, 3.63) is 235 Å². The summed E-state index contributed by atoms with van der Waals surface area (Å²) in [5, 5.41) is 7.78. The molecule has 7 aromatic carbocycles. The standard InChI is InChI=1S/C52H39NS/c1-35(36(2)20-22-38-23-24-39-11-4-5-13-42(39)31-38)19-21-37(3)53(46-29-30-49-48-17-8-9-18-51(48)54-52(49)34-46)45-15-10-14-43(32-45)44-28-27-41-26-25-40-12-6-7-16-47(40)50(41)33-44/h4-34,49,52H,1-3H2/b21-19-,22-20-. The van der Waals surface area contributed by atoms with E-state index in [4.69, 9.17) is 0 Å². The van der Waals surface area contributed by atoms with E-state index in [0.717, 1.165) is 39.4 Å². The summed E-state index contributed by atoms with van der Waals surface area (Å²) < 4.78 is 0. The highest BCUT2D eigenvalue weighted by Gasteiger charge is 2.33. The molecule has 1 heterocycles. The lowest BCUT2D eigenvalue weighted by Gasteiger charge is -2.30. The lowest BCUT2D eigenvalue weighted by molar-refractivity contribution is 0.864. The Kier molecular flexibility index (Phi) is 8.82. The maximum Gasteiger partial charge on any atom is 0.0467 e. The van der Waals surface area contributed by atoms with Gasteiger partial charge in [-0.2, -0.15) is 0 Å². The Morgan fingerprint density at radius 2 is 1.28 bits per heavy atom. The molecule has 7 aromatic rings. The normalized spacial score (nSPS) is 16.2. The summed E-state index contributed by atoms with van der Waals surface area (Å²) >= 11 is 1.94. The van der Waals surface area contributed by atoms with Crippen LogP contribution in [0.3, 0.4) is 0 Å². The van der Waals surface area contributed by atoms with Gasteiger partial charge in [0, 0.05) is 33.1 Å². The number of thioether (sulfide) groups is 1. The summed E-state index contributed by atoms with van der Waals surface area (Å²) in [5.41, 5.74) is 9.55. The average Bonchev–Trinajstić information content (AvgIpc) is 3.59. The zero-order valence-electron chi connectivity index (χ0n) is 30.0. The number of benzene rings is 7. The molecule has 2 heteroatoms. The smallest absolute Gasteiger partial charge is 0.0467 e. The molecule has 0 saturated carbocycles. The fraction of sp³-hybridized carbons (Fsp3) is 0.0385. The molecule has 258 valence electrons.